The van der Waals surface area contributed by atoms with E-state index in [4.69, 9.17) is 16.3 Å². The largest absolute Gasteiger partial charge is 0.487 e. The quantitative estimate of drug-likeness (QED) is 0.440. The molecule has 0 N–H and O–H groups in total. The van der Waals surface area contributed by atoms with Gasteiger partial charge in [0.2, 0.25) is 0 Å². The van der Waals surface area contributed by atoms with Crippen molar-refractivity contribution in [1.82, 2.24) is 14.8 Å². The highest BCUT2D eigenvalue weighted by Crippen LogP contribution is 2.31. The summed E-state index contributed by atoms with van der Waals surface area (Å²) in [7, 11) is 0. The Morgan fingerprint density at radius 1 is 1.00 bits per heavy atom. The van der Waals surface area contributed by atoms with E-state index < -0.39 is 11.9 Å². The molecule has 2 heterocycles. The summed E-state index contributed by atoms with van der Waals surface area (Å²) in [6.45, 7) is -0.111. The monoisotopic (exact) mass is 403 g/mol. The second-order valence-electron chi connectivity index (χ2n) is 6.03. The number of hydrogen-bond donors (Lipinski definition) is 0. The minimum atomic E-state index is -4.57. The molecule has 0 amide bonds. The Kier molecular flexibility index (Phi) is 4.68. The highest BCUT2D eigenvalue weighted by molar-refractivity contribution is 6.32. The second kappa shape index (κ2) is 7.16. The van der Waals surface area contributed by atoms with Crippen molar-refractivity contribution in [2.24, 2.45) is 0 Å². The Balaban J connectivity index is 1.67. The summed E-state index contributed by atoms with van der Waals surface area (Å²) in [6.07, 6.45) is -2.89. The molecule has 142 valence electrons. The van der Waals surface area contributed by atoms with Crippen LogP contribution in [-0.2, 0) is 12.8 Å². The molecular formula is C20H13ClF3N3O. The lowest BCUT2D eigenvalue weighted by molar-refractivity contribution is -0.141. The van der Waals surface area contributed by atoms with Crippen LogP contribution in [0.3, 0.4) is 0 Å². The predicted octanol–water partition coefficient (Wildman–Crippen LogP) is 5.67. The number of pyridine rings is 1. The molecule has 8 heteroatoms. The summed E-state index contributed by atoms with van der Waals surface area (Å²) in [6, 6.07) is 16.5. The molecular weight excluding hydrogens is 391 g/mol. The van der Waals surface area contributed by atoms with Gasteiger partial charge in [-0.3, -0.25) is 4.98 Å². The van der Waals surface area contributed by atoms with Crippen LogP contribution in [0.5, 0.6) is 5.75 Å². The minimum Gasteiger partial charge on any atom is -0.487 e. The highest BCUT2D eigenvalue weighted by Gasteiger charge is 2.35. The van der Waals surface area contributed by atoms with Gasteiger partial charge in [0.1, 0.15) is 12.4 Å². The van der Waals surface area contributed by atoms with Crippen molar-refractivity contribution in [1.29, 1.82) is 0 Å². The van der Waals surface area contributed by atoms with Crippen molar-refractivity contribution in [3.8, 4) is 11.4 Å². The molecule has 0 bridgehead atoms. The van der Waals surface area contributed by atoms with Gasteiger partial charge in [-0.1, -0.05) is 29.8 Å². The third-order valence-corrected chi connectivity index (χ3v) is 4.43. The van der Waals surface area contributed by atoms with Gasteiger partial charge in [-0.15, -0.1) is 0 Å². The van der Waals surface area contributed by atoms with Crippen LogP contribution in [0.1, 0.15) is 11.4 Å². The number of hydrogen-bond acceptors (Lipinski definition) is 3. The Labute approximate surface area is 163 Å². The van der Waals surface area contributed by atoms with Gasteiger partial charge >= 0.3 is 6.18 Å². The van der Waals surface area contributed by atoms with Crippen LogP contribution in [0.15, 0.2) is 66.9 Å². The molecule has 0 fully saturated rings. The summed E-state index contributed by atoms with van der Waals surface area (Å²) in [4.78, 5) is 4.23. The van der Waals surface area contributed by atoms with Gasteiger partial charge in [0.25, 0.3) is 0 Å². The number of nitrogens with zero attached hydrogens (tertiary/aromatic N) is 3. The van der Waals surface area contributed by atoms with Crippen LogP contribution in [0.4, 0.5) is 13.2 Å². The van der Waals surface area contributed by atoms with Crippen LogP contribution >= 0.6 is 11.6 Å². The van der Waals surface area contributed by atoms with Gasteiger partial charge in [-0.05, 0) is 42.5 Å². The maximum atomic E-state index is 13.2. The van der Waals surface area contributed by atoms with Crippen molar-refractivity contribution in [2.75, 3.05) is 0 Å². The number of aromatic nitrogens is 3. The lowest BCUT2D eigenvalue weighted by Crippen LogP contribution is -2.08. The predicted molar refractivity (Wildman–Crippen MR) is 99.7 cm³/mol. The van der Waals surface area contributed by atoms with E-state index in [1.165, 1.54) is 0 Å². The van der Waals surface area contributed by atoms with Crippen molar-refractivity contribution < 1.29 is 17.9 Å². The van der Waals surface area contributed by atoms with Crippen LogP contribution in [0.25, 0.3) is 16.6 Å². The first-order valence-electron chi connectivity index (χ1n) is 8.30. The van der Waals surface area contributed by atoms with Crippen LogP contribution < -0.4 is 4.74 Å². The molecule has 4 aromatic rings. The molecule has 2 aromatic heterocycles. The molecule has 0 radical (unpaired) electrons. The van der Waals surface area contributed by atoms with Gasteiger partial charge in [0.15, 0.2) is 5.69 Å². The smallest absolute Gasteiger partial charge is 0.435 e. The molecule has 0 atom stereocenters. The molecule has 4 rings (SSSR count). The van der Waals surface area contributed by atoms with E-state index in [0.29, 0.717) is 11.4 Å². The standard InChI is InChI=1S/C20H13ClF3N3O/c21-16-5-1-2-6-18(16)27-14(11-19(26-27)20(22,23)24)12-28-15-7-8-17-13(10-15)4-3-9-25-17/h1-11H,12H2. The molecule has 28 heavy (non-hydrogen) atoms. The topological polar surface area (TPSA) is 39.9 Å². The van der Waals surface area contributed by atoms with Gasteiger partial charge in [0, 0.05) is 11.6 Å². The summed E-state index contributed by atoms with van der Waals surface area (Å²) in [5, 5.41) is 4.85. The summed E-state index contributed by atoms with van der Waals surface area (Å²) >= 11 is 6.15. The summed E-state index contributed by atoms with van der Waals surface area (Å²) < 4.78 is 46.4. The first-order chi connectivity index (χ1) is 13.4. The van der Waals surface area contributed by atoms with Crippen molar-refractivity contribution in [3.05, 3.63) is 83.3 Å². The lowest BCUT2D eigenvalue weighted by Gasteiger charge is -2.11. The average Bonchev–Trinajstić information content (AvgIpc) is 3.11. The van der Waals surface area contributed by atoms with E-state index in [-0.39, 0.29) is 17.3 Å². The number of ether oxygens (including phenoxy) is 1. The fourth-order valence-electron chi connectivity index (χ4n) is 2.79. The van der Waals surface area contributed by atoms with Crippen LogP contribution in [0, 0.1) is 0 Å². The molecule has 2 aromatic carbocycles. The third-order valence-electron chi connectivity index (χ3n) is 4.12. The number of halogens is 4. The molecule has 0 spiro atoms. The Morgan fingerprint density at radius 2 is 1.82 bits per heavy atom. The minimum absolute atomic E-state index is 0.111. The van der Waals surface area contributed by atoms with E-state index in [9.17, 15) is 13.2 Å². The van der Waals surface area contributed by atoms with E-state index in [1.54, 1.807) is 54.7 Å². The number of alkyl halides is 3. The molecule has 0 saturated heterocycles. The maximum absolute atomic E-state index is 13.2. The van der Waals surface area contributed by atoms with Crippen molar-refractivity contribution in [3.63, 3.8) is 0 Å². The van der Waals surface area contributed by atoms with Gasteiger partial charge in [-0.2, -0.15) is 18.3 Å². The number of benzene rings is 2. The number of para-hydroxylation sites is 1. The van der Waals surface area contributed by atoms with E-state index in [1.807, 2.05) is 6.07 Å². The second-order valence-corrected chi connectivity index (χ2v) is 6.44. The van der Waals surface area contributed by atoms with Gasteiger partial charge in [-0.25, -0.2) is 4.68 Å². The van der Waals surface area contributed by atoms with Gasteiger partial charge in [0.05, 0.1) is 21.9 Å². The van der Waals surface area contributed by atoms with Gasteiger partial charge < -0.3 is 4.74 Å². The first-order valence-corrected chi connectivity index (χ1v) is 8.68. The fraction of sp³-hybridized carbons (Fsp3) is 0.100. The van der Waals surface area contributed by atoms with Crippen LogP contribution in [-0.4, -0.2) is 14.8 Å². The lowest BCUT2D eigenvalue weighted by atomic mass is 10.2. The molecule has 0 aliphatic heterocycles. The molecule has 0 aliphatic rings. The molecule has 0 saturated carbocycles. The summed E-state index contributed by atoms with van der Waals surface area (Å²) in [5.41, 5.74) is 0.372. The number of fused-ring (bicyclic) bond motifs is 1. The third kappa shape index (κ3) is 3.66. The zero-order valence-electron chi connectivity index (χ0n) is 14.3. The zero-order valence-corrected chi connectivity index (χ0v) is 15.1. The van der Waals surface area contributed by atoms with E-state index >= 15 is 0 Å². The first kappa shape index (κ1) is 18.3. The Hall–Kier alpha value is -3.06. The summed E-state index contributed by atoms with van der Waals surface area (Å²) in [5.74, 6) is 0.515. The van der Waals surface area contributed by atoms with E-state index in [2.05, 4.69) is 10.1 Å². The van der Waals surface area contributed by atoms with Crippen LogP contribution in [0.2, 0.25) is 5.02 Å². The molecule has 0 unspecified atom stereocenters. The Morgan fingerprint density at radius 3 is 2.61 bits per heavy atom. The Bertz CT molecular complexity index is 1140. The molecule has 0 aliphatic carbocycles. The fourth-order valence-corrected chi connectivity index (χ4v) is 3.01. The normalized spacial score (nSPS) is 11.7. The average molecular weight is 404 g/mol. The van der Waals surface area contributed by atoms with E-state index in [0.717, 1.165) is 21.7 Å². The maximum Gasteiger partial charge on any atom is 0.435 e. The van der Waals surface area contributed by atoms with Crippen molar-refractivity contribution in [2.45, 2.75) is 12.8 Å². The SMILES string of the molecule is FC(F)(F)c1cc(COc2ccc3ncccc3c2)n(-c2ccccc2Cl)n1. The zero-order chi connectivity index (χ0) is 19.7. The number of rotatable bonds is 4. The molecule has 4 nitrogen and oxygen atoms in total. The van der Waals surface area contributed by atoms with Crippen molar-refractivity contribution >= 4 is 22.5 Å². The highest BCUT2D eigenvalue weighted by atomic mass is 35.5.